The summed E-state index contributed by atoms with van der Waals surface area (Å²) in [5, 5.41) is 15.4. The number of halogens is 1. The van der Waals surface area contributed by atoms with Crippen LogP contribution in [0.1, 0.15) is 35.3 Å². The van der Waals surface area contributed by atoms with Crippen molar-refractivity contribution in [2.45, 2.75) is 25.8 Å². The molecular weight excluding hydrogens is 514 g/mol. The van der Waals surface area contributed by atoms with Gasteiger partial charge in [-0.25, -0.2) is 5.43 Å². The Labute approximate surface area is 232 Å². The maximum absolute atomic E-state index is 13.0. The highest BCUT2D eigenvalue weighted by Crippen LogP contribution is 2.28. The molecule has 4 aromatic carbocycles. The molecule has 0 aromatic heterocycles. The lowest BCUT2D eigenvalue weighted by atomic mass is 9.93. The number of carbonyl (C=O) groups excluding carboxylic acids is 2. The predicted molar refractivity (Wildman–Crippen MR) is 155 cm³/mol. The lowest BCUT2D eigenvalue weighted by molar-refractivity contribution is -0.136. The minimum Gasteiger partial charge on any atom is -0.506 e. The number of likely N-dealkylation sites (N-methyl/N-ethyl adjacent to an activating group) is 1. The Morgan fingerprint density at radius 1 is 1.00 bits per heavy atom. The van der Waals surface area contributed by atoms with Crippen molar-refractivity contribution in [2.24, 2.45) is 5.10 Å². The van der Waals surface area contributed by atoms with E-state index < -0.39 is 5.91 Å². The summed E-state index contributed by atoms with van der Waals surface area (Å²) in [5.74, 6) is -0.110. The molecule has 4 aromatic rings. The number of hydrogen-bond donors (Lipinski definition) is 2. The number of hydrogen-bond acceptors (Lipinski definition) is 5. The number of phenolic OH excluding ortho intramolecular Hbond substituents is 1. The molecule has 0 saturated carbocycles. The monoisotopic (exact) mass is 543 g/mol. The second-order valence-corrected chi connectivity index (χ2v) is 10.2. The van der Waals surface area contributed by atoms with E-state index in [0.717, 1.165) is 28.3 Å². The van der Waals surface area contributed by atoms with Crippen molar-refractivity contribution in [1.82, 2.24) is 10.3 Å². The van der Waals surface area contributed by atoms with E-state index in [1.807, 2.05) is 62.4 Å². The number of phenols is 1. The fraction of sp³-hybridized carbons (Fsp3) is 0.194. The molecule has 200 valence electrons. The molecular formula is C31H30ClN3O4. The minimum atomic E-state index is -0.463. The van der Waals surface area contributed by atoms with E-state index >= 15 is 0 Å². The van der Waals surface area contributed by atoms with Crippen LogP contribution in [0, 0.1) is 0 Å². The van der Waals surface area contributed by atoms with Crippen LogP contribution in [0.15, 0.2) is 90.0 Å². The summed E-state index contributed by atoms with van der Waals surface area (Å²) in [4.78, 5) is 27.1. The predicted octanol–water partition coefficient (Wildman–Crippen LogP) is 5.82. The van der Waals surface area contributed by atoms with Crippen molar-refractivity contribution in [1.29, 1.82) is 0 Å². The number of hydrazone groups is 1. The Morgan fingerprint density at radius 3 is 2.41 bits per heavy atom. The lowest BCUT2D eigenvalue weighted by Gasteiger charge is -2.36. The average Bonchev–Trinajstić information content (AvgIpc) is 2.93. The summed E-state index contributed by atoms with van der Waals surface area (Å²) < 4.78 is 5.99. The molecule has 0 aliphatic heterocycles. The number of nitrogens with one attached hydrogen (secondary N) is 1. The van der Waals surface area contributed by atoms with E-state index in [1.54, 1.807) is 18.0 Å². The van der Waals surface area contributed by atoms with E-state index in [1.165, 1.54) is 24.4 Å². The third-order valence-corrected chi connectivity index (χ3v) is 6.91. The van der Waals surface area contributed by atoms with Gasteiger partial charge < -0.3 is 14.7 Å². The van der Waals surface area contributed by atoms with Crippen molar-refractivity contribution in [2.75, 3.05) is 13.7 Å². The number of benzene rings is 4. The molecule has 7 nitrogen and oxygen atoms in total. The maximum Gasteiger partial charge on any atom is 0.271 e. The summed E-state index contributed by atoms with van der Waals surface area (Å²) >= 11 is 5.88. The Bertz CT molecular complexity index is 1520. The van der Waals surface area contributed by atoms with E-state index in [4.69, 9.17) is 16.3 Å². The molecule has 0 heterocycles. The Morgan fingerprint density at radius 2 is 1.69 bits per heavy atom. The molecule has 0 atom stereocenters. The van der Waals surface area contributed by atoms with Crippen LogP contribution in [0.25, 0.3) is 10.8 Å². The van der Waals surface area contributed by atoms with Crippen LogP contribution in [0.4, 0.5) is 0 Å². The normalized spacial score (nSPS) is 11.5. The first kappa shape index (κ1) is 27.7. The zero-order chi connectivity index (χ0) is 28.0. The van der Waals surface area contributed by atoms with Crippen molar-refractivity contribution >= 4 is 40.4 Å². The molecule has 39 heavy (non-hydrogen) atoms. The Balaban J connectivity index is 1.43. The number of rotatable bonds is 9. The molecule has 2 amide bonds. The van der Waals surface area contributed by atoms with Crippen LogP contribution in [-0.4, -0.2) is 47.2 Å². The summed E-state index contributed by atoms with van der Waals surface area (Å²) in [6, 6.07) is 25.5. The summed E-state index contributed by atoms with van der Waals surface area (Å²) in [5.41, 5.74) is 4.27. The zero-order valence-corrected chi connectivity index (χ0v) is 22.8. The molecule has 0 spiro atoms. The minimum absolute atomic E-state index is 0.0812. The SMILES string of the molecule is CN(C(=O)COc1ccc(C=NNC(=O)c2ccc(O)c(Cl)c2)c2ccccc12)C(C)(C)Cc1ccccc1. The van der Waals surface area contributed by atoms with Gasteiger partial charge >= 0.3 is 0 Å². The van der Waals surface area contributed by atoms with Gasteiger partial charge in [-0.15, -0.1) is 0 Å². The molecule has 0 aliphatic carbocycles. The van der Waals surface area contributed by atoms with E-state index in [9.17, 15) is 14.7 Å². The largest absolute Gasteiger partial charge is 0.506 e. The van der Waals surface area contributed by atoms with Crippen LogP contribution < -0.4 is 10.2 Å². The molecule has 0 radical (unpaired) electrons. The average molecular weight is 544 g/mol. The van der Waals surface area contributed by atoms with Gasteiger partial charge in [-0.2, -0.15) is 5.10 Å². The molecule has 0 aliphatic rings. The molecule has 8 heteroatoms. The van der Waals surface area contributed by atoms with Crippen molar-refractivity contribution in [3.8, 4) is 11.5 Å². The molecule has 0 bridgehead atoms. The highest BCUT2D eigenvalue weighted by molar-refractivity contribution is 6.32. The topological polar surface area (TPSA) is 91.2 Å². The lowest BCUT2D eigenvalue weighted by Crippen LogP contribution is -2.48. The standard InChI is InChI=1S/C31H30ClN3O4/c1-31(2,18-21-9-5-4-6-10-21)35(3)29(37)20-39-28-16-14-23(24-11-7-8-12-25(24)28)19-33-34-30(38)22-13-15-27(36)26(32)17-22/h4-17,19,36H,18,20H2,1-3H3,(H,34,38). The number of fused-ring (bicyclic) bond motifs is 1. The second-order valence-electron chi connectivity index (χ2n) is 9.78. The van der Waals surface area contributed by atoms with Crippen molar-refractivity contribution in [3.05, 3.63) is 107 Å². The number of amides is 2. The first-order valence-electron chi connectivity index (χ1n) is 12.4. The van der Waals surface area contributed by atoms with Crippen LogP contribution in [0.3, 0.4) is 0 Å². The number of nitrogens with zero attached hydrogens (tertiary/aromatic N) is 2. The molecule has 0 unspecified atom stereocenters. The van der Waals surface area contributed by atoms with E-state index in [2.05, 4.69) is 22.7 Å². The summed E-state index contributed by atoms with van der Waals surface area (Å²) in [6.07, 6.45) is 2.26. The summed E-state index contributed by atoms with van der Waals surface area (Å²) in [7, 11) is 1.80. The first-order valence-corrected chi connectivity index (χ1v) is 12.8. The van der Waals surface area contributed by atoms with Crippen LogP contribution in [0.2, 0.25) is 5.02 Å². The number of aromatic hydroxyl groups is 1. The van der Waals surface area contributed by atoms with Crippen molar-refractivity contribution < 1.29 is 19.4 Å². The van der Waals surface area contributed by atoms with Gasteiger partial charge in [-0.1, -0.05) is 66.2 Å². The first-order chi connectivity index (χ1) is 18.7. The third-order valence-electron chi connectivity index (χ3n) is 6.61. The highest BCUT2D eigenvalue weighted by atomic mass is 35.5. The van der Waals surface area contributed by atoms with Gasteiger partial charge in [0, 0.05) is 29.1 Å². The number of ether oxygens (including phenoxy) is 1. The quantitative estimate of drug-likeness (QED) is 0.205. The fourth-order valence-electron chi connectivity index (χ4n) is 4.19. The van der Waals surface area contributed by atoms with Gasteiger partial charge in [0.2, 0.25) is 0 Å². The van der Waals surface area contributed by atoms with Gasteiger partial charge in [0.25, 0.3) is 11.8 Å². The van der Waals surface area contributed by atoms with Gasteiger partial charge in [0.15, 0.2) is 6.61 Å². The molecule has 2 N–H and O–H groups in total. The van der Waals surface area contributed by atoms with E-state index in [-0.39, 0.29) is 34.4 Å². The van der Waals surface area contributed by atoms with Gasteiger partial charge in [-0.3, -0.25) is 9.59 Å². The molecule has 0 saturated heterocycles. The third kappa shape index (κ3) is 6.75. The van der Waals surface area contributed by atoms with Gasteiger partial charge in [0.1, 0.15) is 11.5 Å². The molecule has 4 rings (SSSR count). The highest BCUT2D eigenvalue weighted by Gasteiger charge is 2.28. The second kappa shape index (κ2) is 12.0. The zero-order valence-electron chi connectivity index (χ0n) is 22.0. The van der Waals surface area contributed by atoms with Crippen LogP contribution in [0.5, 0.6) is 11.5 Å². The maximum atomic E-state index is 13.0. The van der Waals surface area contributed by atoms with Crippen LogP contribution >= 0.6 is 11.6 Å². The van der Waals surface area contributed by atoms with Gasteiger partial charge in [0.05, 0.1) is 11.2 Å². The van der Waals surface area contributed by atoms with Crippen LogP contribution in [-0.2, 0) is 11.2 Å². The molecule has 0 fully saturated rings. The Kier molecular flexibility index (Phi) is 8.52. The number of carbonyl (C=O) groups is 2. The fourth-order valence-corrected chi connectivity index (χ4v) is 4.37. The Hall–Kier alpha value is -4.36. The van der Waals surface area contributed by atoms with Crippen molar-refractivity contribution in [3.63, 3.8) is 0 Å². The summed E-state index contributed by atoms with van der Waals surface area (Å²) in [6.45, 7) is 3.98. The smallest absolute Gasteiger partial charge is 0.271 e. The van der Waals surface area contributed by atoms with Gasteiger partial charge in [-0.05, 0) is 61.5 Å². The van der Waals surface area contributed by atoms with E-state index in [0.29, 0.717) is 5.75 Å².